The molecule has 1 aromatic heterocycles. The quantitative estimate of drug-likeness (QED) is 0.450. The first-order valence-corrected chi connectivity index (χ1v) is 7.54. The number of hydrogen-bond donors (Lipinski definition) is 0. The molecule has 1 atom stereocenters. The van der Waals surface area contributed by atoms with Crippen LogP contribution in [0.25, 0.3) is 21.7 Å². The van der Waals surface area contributed by atoms with Crippen LogP contribution in [0.2, 0.25) is 0 Å². The lowest BCUT2D eigenvalue weighted by atomic mass is 10.0. The van der Waals surface area contributed by atoms with E-state index in [1.54, 1.807) is 12.1 Å². The van der Waals surface area contributed by atoms with Crippen molar-refractivity contribution in [3.05, 3.63) is 52.4 Å². The molecule has 0 fully saturated rings. The predicted octanol–water partition coefficient (Wildman–Crippen LogP) is 4.53. The predicted molar refractivity (Wildman–Crippen MR) is 79.4 cm³/mol. The summed E-state index contributed by atoms with van der Waals surface area (Å²) in [5.41, 5.74) is 0.130. The highest BCUT2D eigenvalue weighted by Crippen LogP contribution is 2.45. The highest BCUT2D eigenvalue weighted by molar-refractivity contribution is 8.00. The maximum absolute atomic E-state index is 13.0. The minimum atomic E-state index is -4.33. The maximum Gasteiger partial charge on any atom is 0.401 e. The molecule has 4 rings (SSSR count). The van der Waals surface area contributed by atoms with Crippen LogP contribution in [-0.2, 0) is 6.42 Å². The summed E-state index contributed by atoms with van der Waals surface area (Å²) in [7, 11) is 0. The standard InChI is InChI=1S/C16H9F3O2S/c17-16(18,19)12-7-11-10-6-5-8-3-1-2-4-9(8)13(10)21-15(20)14(11)22-12/h1-6,12H,7H2. The molecule has 1 aliphatic rings. The van der Waals surface area contributed by atoms with Gasteiger partial charge in [-0.05, 0) is 17.4 Å². The number of fused-ring (bicyclic) bond motifs is 5. The van der Waals surface area contributed by atoms with Gasteiger partial charge in [0.1, 0.15) is 10.8 Å². The van der Waals surface area contributed by atoms with Crippen molar-refractivity contribution in [3.8, 4) is 0 Å². The van der Waals surface area contributed by atoms with E-state index in [1.807, 2.05) is 24.3 Å². The molecule has 0 radical (unpaired) electrons. The van der Waals surface area contributed by atoms with Crippen molar-refractivity contribution in [3.63, 3.8) is 0 Å². The Balaban J connectivity index is 2.03. The van der Waals surface area contributed by atoms with Crippen molar-refractivity contribution in [2.24, 2.45) is 0 Å². The molecule has 2 aromatic carbocycles. The summed E-state index contributed by atoms with van der Waals surface area (Å²) in [6, 6.07) is 10.9. The van der Waals surface area contributed by atoms with E-state index in [9.17, 15) is 18.0 Å². The second kappa shape index (κ2) is 4.52. The van der Waals surface area contributed by atoms with Gasteiger partial charge in [-0.2, -0.15) is 13.2 Å². The van der Waals surface area contributed by atoms with Crippen LogP contribution in [0.15, 0.2) is 50.5 Å². The van der Waals surface area contributed by atoms with E-state index in [2.05, 4.69) is 0 Å². The molecule has 0 N–H and O–H groups in total. The van der Waals surface area contributed by atoms with Gasteiger partial charge >= 0.3 is 11.8 Å². The van der Waals surface area contributed by atoms with E-state index in [-0.39, 0.29) is 11.3 Å². The number of hydrogen-bond acceptors (Lipinski definition) is 3. The molecule has 0 saturated carbocycles. The van der Waals surface area contributed by atoms with Gasteiger partial charge in [-0.25, -0.2) is 4.79 Å². The van der Waals surface area contributed by atoms with Gasteiger partial charge in [0.05, 0.1) is 4.90 Å². The second-order valence-corrected chi connectivity index (χ2v) is 6.43. The van der Waals surface area contributed by atoms with E-state index in [0.717, 1.165) is 10.8 Å². The number of rotatable bonds is 0. The van der Waals surface area contributed by atoms with Crippen molar-refractivity contribution in [1.29, 1.82) is 0 Å². The van der Waals surface area contributed by atoms with Crippen LogP contribution >= 0.6 is 11.8 Å². The van der Waals surface area contributed by atoms with E-state index >= 15 is 0 Å². The molecule has 2 heterocycles. The van der Waals surface area contributed by atoms with Crippen LogP contribution in [0.4, 0.5) is 13.2 Å². The first-order valence-electron chi connectivity index (χ1n) is 6.66. The van der Waals surface area contributed by atoms with Gasteiger partial charge in [-0.3, -0.25) is 0 Å². The average molecular weight is 322 g/mol. The Hall–Kier alpha value is -1.95. The van der Waals surface area contributed by atoms with Crippen LogP contribution in [0.1, 0.15) is 5.56 Å². The lowest BCUT2D eigenvalue weighted by Gasteiger charge is -2.12. The smallest absolute Gasteiger partial charge is 0.401 e. The van der Waals surface area contributed by atoms with Crippen LogP contribution in [-0.4, -0.2) is 11.4 Å². The number of benzene rings is 2. The Morgan fingerprint density at radius 2 is 1.86 bits per heavy atom. The third-order valence-corrected chi connectivity index (χ3v) is 5.24. The monoisotopic (exact) mass is 322 g/mol. The van der Waals surface area contributed by atoms with Crippen molar-refractivity contribution in [2.45, 2.75) is 22.7 Å². The van der Waals surface area contributed by atoms with E-state index < -0.39 is 17.1 Å². The van der Waals surface area contributed by atoms with Gasteiger partial charge in [0.25, 0.3) is 0 Å². The Morgan fingerprint density at radius 1 is 1.09 bits per heavy atom. The summed E-state index contributed by atoms with van der Waals surface area (Å²) in [5, 5.41) is 0.631. The summed E-state index contributed by atoms with van der Waals surface area (Å²) >= 11 is 0.559. The molecule has 0 spiro atoms. The van der Waals surface area contributed by atoms with Crippen molar-refractivity contribution in [2.75, 3.05) is 0 Å². The summed E-state index contributed by atoms with van der Waals surface area (Å²) in [5.74, 6) is 0. The first kappa shape index (κ1) is 13.7. The third kappa shape index (κ3) is 1.94. The van der Waals surface area contributed by atoms with Gasteiger partial charge in [0.15, 0.2) is 0 Å². The zero-order chi connectivity index (χ0) is 15.5. The van der Waals surface area contributed by atoms with Gasteiger partial charge in [0.2, 0.25) is 0 Å². The molecule has 6 heteroatoms. The lowest BCUT2D eigenvalue weighted by Crippen LogP contribution is -2.24. The average Bonchev–Trinajstić information content (AvgIpc) is 2.93. The Morgan fingerprint density at radius 3 is 2.64 bits per heavy atom. The van der Waals surface area contributed by atoms with Crippen LogP contribution < -0.4 is 5.63 Å². The second-order valence-electron chi connectivity index (χ2n) is 5.21. The molecular weight excluding hydrogens is 313 g/mol. The highest BCUT2D eigenvalue weighted by Gasteiger charge is 2.45. The summed E-state index contributed by atoms with van der Waals surface area (Å²) in [6.45, 7) is 0. The Labute approximate surface area is 126 Å². The lowest BCUT2D eigenvalue weighted by molar-refractivity contribution is -0.127. The van der Waals surface area contributed by atoms with E-state index in [0.29, 0.717) is 28.3 Å². The summed E-state index contributed by atoms with van der Waals surface area (Å²) in [4.78, 5) is 12.2. The van der Waals surface area contributed by atoms with Crippen molar-refractivity contribution >= 4 is 33.5 Å². The third-order valence-electron chi connectivity index (χ3n) is 3.87. The summed E-state index contributed by atoms with van der Waals surface area (Å²) < 4.78 is 44.2. The molecule has 0 amide bonds. The molecule has 1 aliphatic heterocycles. The first-order chi connectivity index (χ1) is 10.4. The van der Waals surface area contributed by atoms with Crippen LogP contribution in [0, 0.1) is 0 Å². The van der Waals surface area contributed by atoms with E-state index in [1.165, 1.54) is 0 Å². The zero-order valence-electron chi connectivity index (χ0n) is 11.1. The topological polar surface area (TPSA) is 30.2 Å². The molecule has 1 unspecified atom stereocenters. The molecule has 22 heavy (non-hydrogen) atoms. The van der Waals surface area contributed by atoms with Crippen LogP contribution in [0.5, 0.6) is 0 Å². The maximum atomic E-state index is 13.0. The minimum Gasteiger partial charge on any atom is -0.421 e. The molecule has 0 saturated heterocycles. The zero-order valence-corrected chi connectivity index (χ0v) is 11.9. The fraction of sp³-hybridized carbons (Fsp3) is 0.188. The molecule has 112 valence electrons. The summed E-state index contributed by atoms with van der Waals surface area (Å²) in [6.07, 6.45) is -4.52. The Kier molecular flexibility index (Phi) is 2.81. The fourth-order valence-corrected chi connectivity index (χ4v) is 3.99. The fourth-order valence-electron chi connectivity index (χ4n) is 2.85. The normalized spacial score (nSPS) is 18.0. The van der Waals surface area contributed by atoms with E-state index in [4.69, 9.17) is 4.42 Å². The molecule has 2 nitrogen and oxygen atoms in total. The van der Waals surface area contributed by atoms with Gasteiger partial charge < -0.3 is 4.42 Å². The number of alkyl halides is 3. The largest absolute Gasteiger partial charge is 0.421 e. The molecule has 0 bridgehead atoms. The van der Waals surface area contributed by atoms with Gasteiger partial charge in [-0.15, -0.1) is 11.8 Å². The minimum absolute atomic E-state index is 0.0881. The molecular formula is C16H9F3O2S. The van der Waals surface area contributed by atoms with Crippen LogP contribution in [0.3, 0.4) is 0 Å². The Bertz CT molecular complexity index is 959. The highest BCUT2D eigenvalue weighted by atomic mass is 32.2. The number of halogens is 3. The van der Waals surface area contributed by atoms with Crippen molar-refractivity contribution < 1.29 is 17.6 Å². The molecule has 0 aliphatic carbocycles. The van der Waals surface area contributed by atoms with Gasteiger partial charge in [-0.1, -0.05) is 36.4 Å². The SMILES string of the molecule is O=c1oc2c(ccc3ccccc32)c2c1SC(C(F)(F)F)C2. The molecule has 3 aromatic rings. The van der Waals surface area contributed by atoms with Gasteiger partial charge in [0, 0.05) is 10.8 Å². The number of thioether (sulfide) groups is 1. The van der Waals surface area contributed by atoms with Crippen molar-refractivity contribution in [1.82, 2.24) is 0 Å².